The van der Waals surface area contributed by atoms with E-state index in [4.69, 9.17) is 0 Å². The van der Waals surface area contributed by atoms with Gasteiger partial charge in [0.05, 0.1) is 6.04 Å². The first-order valence-corrected chi connectivity index (χ1v) is 6.88. The van der Waals surface area contributed by atoms with Crippen molar-refractivity contribution in [2.24, 2.45) is 0 Å². The molecule has 20 heavy (non-hydrogen) atoms. The average Bonchev–Trinajstić information content (AvgIpc) is 2.52. The second-order valence-corrected chi connectivity index (χ2v) is 4.62. The summed E-state index contributed by atoms with van der Waals surface area (Å²) in [5, 5.41) is 3.03. The van der Waals surface area contributed by atoms with Gasteiger partial charge in [0.25, 0.3) is 0 Å². The van der Waals surface area contributed by atoms with Gasteiger partial charge in [-0.1, -0.05) is 67.6 Å². The van der Waals surface area contributed by atoms with Crippen LogP contribution in [0.5, 0.6) is 0 Å². The van der Waals surface area contributed by atoms with Gasteiger partial charge in [-0.05, 0) is 23.6 Å². The fourth-order valence-corrected chi connectivity index (χ4v) is 2.06. The summed E-state index contributed by atoms with van der Waals surface area (Å²) in [6.45, 7) is 2.07. The molecule has 0 spiro atoms. The SMILES string of the molecule is CC[C@H](NC(=O)/C=C/c1ccccc1)c1ccccc1. The first-order valence-electron chi connectivity index (χ1n) is 6.88. The van der Waals surface area contributed by atoms with E-state index in [2.05, 4.69) is 12.2 Å². The van der Waals surface area contributed by atoms with Crippen molar-refractivity contribution in [3.05, 3.63) is 77.9 Å². The summed E-state index contributed by atoms with van der Waals surface area (Å²) in [6, 6.07) is 19.9. The number of amides is 1. The topological polar surface area (TPSA) is 29.1 Å². The Morgan fingerprint density at radius 3 is 2.25 bits per heavy atom. The minimum atomic E-state index is -0.0652. The second kappa shape index (κ2) is 7.29. The molecule has 0 bridgehead atoms. The number of carbonyl (C=O) groups is 1. The third kappa shape index (κ3) is 4.09. The van der Waals surface area contributed by atoms with E-state index in [1.807, 2.05) is 66.7 Å². The maximum Gasteiger partial charge on any atom is 0.244 e. The standard InChI is InChI=1S/C18H19NO/c1-2-17(16-11-7-4-8-12-16)19-18(20)14-13-15-9-5-3-6-10-15/h3-14,17H,2H2,1H3,(H,19,20)/b14-13+/t17-/m0/s1. The molecule has 2 aromatic carbocycles. The Labute approximate surface area is 120 Å². The summed E-state index contributed by atoms with van der Waals surface area (Å²) in [5.74, 6) is -0.0652. The Hall–Kier alpha value is -2.35. The molecule has 2 rings (SSSR count). The molecule has 2 heteroatoms. The lowest BCUT2D eigenvalue weighted by atomic mass is 10.0. The molecule has 0 aliphatic rings. The lowest BCUT2D eigenvalue weighted by molar-refractivity contribution is -0.117. The van der Waals surface area contributed by atoms with Gasteiger partial charge in [-0.25, -0.2) is 0 Å². The fourth-order valence-electron chi connectivity index (χ4n) is 2.06. The minimum absolute atomic E-state index is 0.0594. The van der Waals surface area contributed by atoms with Crippen LogP contribution in [0.1, 0.15) is 30.5 Å². The van der Waals surface area contributed by atoms with Crippen LogP contribution in [0, 0.1) is 0 Å². The third-order valence-electron chi connectivity index (χ3n) is 3.15. The monoisotopic (exact) mass is 265 g/mol. The highest BCUT2D eigenvalue weighted by molar-refractivity contribution is 5.91. The number of hydrogen-bond acceptors (Lipinski definition) is 1. The molecule has 2 aromatic rings. The van der Waals surface area contributed by atoms with Gasteiger partial charge in [0.15, 0.2) is 0 Å². The summed E-state index contributed by atoms with van der Waals surface area (Å²) < 4.78 is 0. The number of nitrogens with one attached hydrogen (secondary N) is 1. The van der Waals surface area contributed by atoms with Crippen LogP contribution in [0.4, 0.5) is 0 Å². The first-order chi connectivity index (χ1) is 9.79. The van der Waals surface area contributed by atoms with E-state index in [1.54, 1.807) is 6.08 Å². The molecule has 0 radical (unpaired) electrons. The van der Waals surface area contributed by atoms with Crippen molar-refractivity contribution in [3.8, 4) is 0 Å². The molecular formula is C18H19NO. The maximum atomic E-state index is 12.0. The molecule has 0 saturated carbocycles. The van der Waals surface area contributed by atoms with E-state index in [-0.39, 0.29) is 11.9 Å². The molecule has 0 heterocycles. The van der Waals surface area contributed by atoms with E-state index in [0.717, 1.165) is 17.5 Å². The van der Waals surface area contributed by atoms with Crippen molar-refractivity contribution in [1.82, 2.24) is 5.32 Å². The van der Waals surface area contributed by atoms with Gasteiger partial charge in [-0.2, -0.15) is 0 Å². The number of carbonyl (C=O) groups excluding carboxylic acids is 1. The number of rotatable bonds is 5. The lowest BCUT2D eigenvalue weighted by Gasteiger charge is -2.16. The van der Waals surface area contributed by atoms with E-state index in [1.165, 1.54) is 0 Å². The van der Waals surface area contributed by atoms with Crippen molar-refractivity contribution in [3.63, 3.8) is 0 Å². The Balaban J connectivity index is 1.98. The van der Waals surface area contributed by atoms with Crippen LogP contribution in [0.25, 0.3) is 6.08 Å². The molecule has 1 N–H and O–H groups in total. The molecule has 0 aliphatic heterocycles. The molecule has 2 nitrogen and oxygen atoms in total. The Bertz CT molecular complexity index is 560. The van der Waals surface area contributed by atoms with Gasteiger partial charge in [-0.3, -0.25) is 4.79 Å². The van der Waals surface area contributed by atoms with Gasteiger partial charge >= 0.3 is 0 Å². The first kappa shape index (κ1) is 14.1. The van der Waals surface area contributed by atoms with Gasteiger partial charge in [0.2, 0.25) is 5.91 Å². The second-order valence-electron chi connectivity index (χ2n) is 4.62. The van der Waals surface area contributed by atoms with E-state index >= 15 is 0 Å². The average molecular weight is 265 g/mol. The summed E-state index contributed by atoms with van der Waals surface area (Å²) in [4.78, 5) is 12.0. The van der Waals surface area contributed by atoms with Crippen LogP contribution >= 0.6 is 0 Å². The van der Waals surface area contributed by atoms with Crippen LogP contribution < -0.4 is 5.32 Å². The summed E-state index contributed by atoms with van der Waals surface area (Å²) >= 11 is 0. The highest BCUT2D eigenvalue weighted by Crippen LogP contribution is 2.15. The van der Waals surface area contributed by atoms with Crippen molar-refractivity contribution < 1.29 is 4.79 Å². The van der Waals surface area contributed by atoms with Crippen LogP contribution in [-0.4, -0.2) is 5.91 Å². The van der Waals surface area contributed by atoms with Gasteiger partial charge in [-0.15, -0.1) is 0 Å². The number of benzene rings is 2. The van der Waals surface area contributed by atoms with Crippen molar-refractivity contribution in [2.45, 2.75) is 19.4 Å². The molecule has 0 aromatic heterocycles. The van der Waals surface area contributed by atoms with E-state index < -0.39 is 0 Å². The highest BCUT2D eigenvalue weighted by atomic mass is 16.1. The fraction of sp³-hybridized carbons (Fsp3) is 0.167. The molecule has 1 atom stereocenters. The summed E-state index contributed by atoms with van der Waals surface area (Å²) in [5.41, 5.74) is 2.16. The smallest absolute Gasteiger partial charge is 0.244 e. The van der Waals surface area contributed by atoms with Crippen molar-refractivity contribution >= 4 is 12.0 Å². The Kier molecular flexibility index (Phi) is 5.13. The van der Waals surface area contributed by atoms with E-state index in [0.29, 0.717) is 0 Å². The minimum Gasteiger partial charge on any atom is -0.346 e. The van der Waals surface area contributed by atoms with Gasteiger partial charge < -0.3 is 5.32 Å². The van der Waals surface area contributed by atoms with Crippen molar-refractivity contribution in [1.29, 1.82) is 0 Å². The zero-order valence-electron chi connectivity index (χ0n) is 11.6. The Morgan fingerprint density at radius 2 is 1.65 bits per heavy atom. The molecular weight excluding hydrogens is 246 g/mol. The highest BCUT2D eigenvalue weighted by Gasteiger charge is 2.10. The molecule has 0 unspecified atom stereocenters. The quantitative estimate of drug-likeness (QED) is 0.814. The van der Waals surface area contributed by atoms with Gasteiger partial charge in [0, 0.05) is 6.08 Å². The molecule has 1 amide bonds. The zero-order valence-corrected chi connectivity index (χ0v) is 11.6. The Morgan fingerprint density at radius 1 is 1.05 bits per heavy atom. The zero-order chi connectivity index (χ0) is 14.2. The van der Waals surface area contributed by atoms with Crippen molar-refractivity contribution in [2.75, 3.05) is 0 Å². The lowest BCUT2D eigenvalue weighted by Crippen LogP contribution is -2.26. The molecule has 0 fully saturated rings. The van der Waals surface area contributed by atoms with Crippen LogP contribution in [0.3, 0.4) is 0 Å². The van der Waals surface area contributed by atoms with E-state index in [9.17, 15) is 4.79 Å². The molecule has 0 aliphatic carbocycles. The number of hydrogen-bond donors (Lipinski definition) is 1. The predicted octanol–water partition coefficient (Wildman–Crippen LogP) is 3.97. The maximum absolute atomic E-state index is 12.0. The largest absolute Gasteiger partial charge is 0.346 e. The normalized spacial score (nSPS) is 12.2. The summed E-state index contributed by atoms with van der Waals surface area (Å²) in [6.07, 6.45) is 4.28. The molecule has 102 valence electrons. The molecule has 0 saturated heterocycles. The third-order valence-corrected chi connectivity index (χ3v) is 3.15. The van der Waals surface area contributed by atoms with Gasteiger partial charge in [0.1, 0.15) is 0 Å². The summed E-state index contributed by atoms with van der Waals surface area (Å²) in [7, 11) is 0. The van der Waals surface area contributed by atoms with Crippen LogP contribution in [-0.2, 0) is 4.79 Å². The van der Waals surface area contributed by atoms with Crippen LogP contribution in [0.2, 0.25) is 0 Å². The predicted molar refractivity (Wildman–Crippen MR) is 83.1 cm³/mol. The van der Waals surface area contributed by atoms with Crippen LogP contribution in [0.15, 0.2) is 66.7 Å².